The van der Waals surface area contributed by atoms with Crippen LogP contribution in [0, 0.1) is 0 Å². The van der Waals surface area contributed by atoms with Gasteiger partial charge in [0, 0.05) is 12.3 Å². The third-order valence-electron chi connectivity index (χ3n) is 1.43. The quantitative estimate of drug-likeness (QED) is 0.534. The first-order chi connectivity index (χ1) is 4.81. The van der Waals surface area contributed by atoms with E-state index in [4.69, 9.17) is 10.8 Å². The molecule has 0 saturated carbocycles. The summed E-state index contributed by atoms with van der Waals surface area (Å²) >= 11 is 0. The SMILES string of the molecule is CCC(N)=CCCCCO.N. The number of allylic oxidation sites excluding steroid dienone is 2. The minimum absolute atomic E-state index is 0. The molecule has 0 bridgehead atoms. The number of rotatable bonds is 5. The van der Waals surface area contributed by atoms with Crippen LogP contribution in [0.15, 0.2) is 11.8 Å². The topological polar surface area (TPSA) is 81.2 Å². The average Bonchev–Trinajstić information content (AvgIpc) is 1.98. The first-order valence-electron chi connectivity index (χ1n) is 3.86. The maximum absolute atomic E-state index is 8.44. The second kappa shape index (κ2) is 9.46. The van der Waals surface area contributed by atoms with Gasteiger partial charge in [-0.1, -0.05) is 13.0 Å². The summed E-state index contributed by atoms with van der Waals surface area (Å²) in [5, 5.41) is 8.44. The van der Waals surface area contributed by atoms with E-state index in [0.717, 1.165) is 31.4 Å². The summed E-state index contributed by atoms with van der Waals surface area (Å²) in [6, 6.07) is 0. The minimum atomic E-state index is 0. The van der Waals surface area contributed by atoms with E-state index in [2.05, 4.69) is 0 Å². The van der Waals surface area contributed by atoms with Gasteiger partial charge >= 0.3 is 0 Å². The van der Waals surface area contributed by atoms with Crippen LogP contribution >= 0.6 is 0 Å². The Labute approximate surface area is 68.9 Å². The molecule has 0 atom stereocenters. The molecule has 0 amide bonds. The highest BCUT2D eigenvalue weighted by Gasteiger charge is 1.85. The van der Waals surface area contributed by atoms with Crippen molar-refractivity contribution in [1.82, 2.24) is 6.15 Å². The fourth-order valence-electron chi connectivity index (χ4n) is 0.688. The molecule has 0 aliphatic heterocycles. The van der Waals surface area contributed by atoms with Crippen LogP contribution in [0.3, 0.4) is 0 Å². The fourth-order valence-corrected chi connectivity index (χ4v) is 0.688. The summed E-state index contributed by atoms with van der Waals surface area (Å²) in [5.41, 5.74) is 6.51. The molecule has 0 heterocycles. The van der Waals surface area contributed by atoms with E-state index in [1.807, 2.05) is 13.0 Å². The molecule has 0 saturated heterocycles. The van der Waals surface area contributed by atoms with Crippen LogP contribution in [0.25, 0.3) is 0 Å². The molecule has 0 aliphatic carbocycles. The van der Waals surface area contributed by atoms with Crippen LogP contribution in [-0.2, 0) is 0 Å². The number of aliphatic hydroxyl groups is 1. The lowest BCUT2D eigenvalue weighted by molar-refractivity contribution is 0.285. The highest BCUT2D eigenvalue weighted by atomic mass is 16.2. The van der Waals surface area contributed by atoms with Gasteiger partial charge in [-0.25, -0.2) is 0 Å². The van der Waals surface area contributed by atoms with Gasteiger partial charge < -0.3 is 17.0 Å². The summed E-state index contributed by atoms with van der Waals surface area (Å²) in [6.45, 7) is 2.33. The minimum Gasteiger partial charge on any atom is -0.402 e. The molecule has 0 aromatic carbocycles. The van der Waals surface area contributed by atoms with Crippen molar-refractivity contribution in [2.24, 2.45) is 5.73 Å². The standard InChI is InChI=1S/C8H17NO.H3N/c1-2-8(9)6-4-3-5-7-10;/h6,10H,2-5,7,9H2,1H3;1H3. The van der Waals surface area contributed by atoms with Gasteiger partial charge in [-0.3, -0.25) is 0 Å². The number of hydrogen-bond acceptors (Lipinski definition) is 3. The zero-order valence-corrected chi connectivity index (χ0v) is 7.34. The Hall–Kier alpha value is -0.540. The summed E-state index contributed by atoms with van der Waals surface area (Å²) in [5.74, 6) is 0. The Morgan fingerprint density at radius 3 is 2.55 bits per heavy atom. The molecule has 0 rings (SSSR count). The summed E-state index contributed by atoms with van der Waals surface area (Å²) in [6.07, 6.45) is 5.89. The lowest BCUT2D eigenvalue weighted by atomic mass is 10.2. The molecule has 0 radical (unpaired) electrons. The van der Waals surface area contributed by atoms with Crippen molar-refractivity contribution in [2.45, 2.75) is 32.6 Å². The van der Waals surface area contributed by atoms with E-state index >= 15 is 0 Å². The Morgan fingerprint density at radius 1 is 1.45 bits per heavy atom. The van der Waals surface area contributed by atoms with Crippen molar-refractivity contribution in [3.05, 3.63) is 11.8 Å². The monoisotopic (exact) mass is 160 g/mol. The second-order valence-electron chi connectivity index (χ2n) is 2.35. The molecular formula is C8H20N2O. The molecule has 0 aliphatic rings. The van der Waals surface area contributed by atoms with Gasteiger partial charge in [-0.2, -0.15) is 0 Å². The summed E-state index contributed by atoms with van der Waals surface area (Å²) in [4.78, 5) is 0. The van der Waals surface area contributed by atoms with Crippen molar-refractivity contribution in [3.63, 3.8) is 0 Å². The van der Waals surface area contributed by atoms with E-state index in [1.165, 1.54) is 0 Å². The van der Waals surface area contributed by atoms with E-state index in [1.54, 1.807) is 0 Å². The molecular weight excluding hydrogens is 140 g/mol. The summed E-state index contributed by atoms with van der Waals surface area (Å²) in [7, 11) is 0. The van der Waals surface area contributed by atoms with Crippen LogP contribution in [0.5, 0.6) is 0 Å². The van der Waals surface area contributed by atoms with Gasteiger partial charge in [0.05, 0.1) is 0 Å². The molecule has 0 aromatic rings. The number of unbranched alkanes of at least 4 members (excludes halogenated alkanes) is 2. The van der Waals surface area contributed by atoms with E-state index in [-0.39, 0.29) is 6.15 Å². The molecule has 0 spiro atoms. The van der Waals surface area contributed by atoms with Crippen molar-refractivity contribution in [1.29, 1.82) is 0 Å². The van der Waals surface area contributed by atoms with Gasteiger partial charge in [0.2, 0.25) is 0 Å². The normalized spacial score (nSPS) is 10.9. The average molecular weight is 160 g/mol. The van der Waals surface area contributed by atoms with Gasteiger partial charge in [-0.05, 0) is 25.7 Å². The zero-order valence-electron chi connectivity index (χ0n) is 7.34. The molecule has 6 N–H and O–H groups in total. The maximum atomic E-state index is 8.44. The number of aliphatic hydroxyl groups excluding tert-OH is 1. The van der Waals surface area contributed by atoms with Crippen LogP contribution in [-0.4, -0.2) is 11.7 Å². The third-order valence-corrected chi connectivity index (χ3v) is 1.43. The van der Waals surface area contributed by atoms with Crippen molar-refractivity contribution < 1.29 is 5.11 Å². The molecule has 3 heteroatoms. The van der Waals surface area contributed by atoms with Gasteiger partial charge in [0.15, 0.2) is 0 Å². The fraction of sp³-hybridized carbons (Fsp3) is 0.750. The molecule has 11 heavy (non-hydrogen) atoms. The van der Waals surface area contributed by atoms with E-state index < -0.39 is 0 Å². The predicted octanol–water partition coefficient (Wildman–Crippen LogP) is 1.56. The Morgan fingerprint density at radius 2 is 2.09 bits per heavy atom. The Balaban J connectivity index is 0. The first-order valence-corrected chi connectivity index (χ1v) is 3.86. The van der Waals surface area contributed by atoms with Crippen LogP contribution < -0.4 is 11.9 Å². The van der Waals surface area contributed by atoms with Gasteiger partial charge in [0.25, 0.3) is 0 Å². The highest BCUT2D eigenvalue weighted by molar-refractivity contribution is 4.94. The van der Waals surface area contributed by atoms with Crippen molar-refractivity contribution in [3.8, 4) is 0 Å². The van der Waals surface area contributed by atoms with Gasteiger partial charge in [0.1, 0.15) is 0 Å². The van der Waals surface area contributed by atoms with Crippen LogP contribution in [0.2, 0.25) is 0 Å². The lowest BCUT2D eigenvalue weighted by Gasteiger charge is -1.95. The molecule has 0 aromatic heterocycles. The van der Waals surface area contributed by atoms with E-state index in [9.17, 15) is 0 Å². The zero-order chi connectivity index (χ0) is 7.82. The summed E-state index contributed by atoms with van der Waals surface area (Å²) < 4.78 is 0. The maximum Gasteiger partial charge on any atom is 0.0431 e. The highest BCUT2D eigenvalue weighted by Crippen LogP contribution is 1.99. The molecule has 0 unspecified atom stereocenters. The Kier molecular flexibility index (Phi) is 11.2. The Bertz CT molecular complexity index is 102. The van der Waals surface area contributed by atoms with E-state index in [0.29, 0.717) is 6.61 Å². The van der Waals surface area contributed by atoms with Gasteiger partial charge in [-0.15, -0.1) is 0 Å². The first kappa shape index (κ1) is 13.1. The molecule has 3 nitrogen and oxygen atoms in total. The van der Waals surface area contributed by atoms with Crippen molar-refractivity contribution in [2.75, 3.05) is 6.61 Å². The van der Waals surface area contributed by atoms with Crippen molar-refractivity contribution >= 4 is 0 Å². The molecule has 0 fully saturated rings. The van der Waals surface area contributed by atoms with Crippen LogP contribution in [0.1, 0.15) is 32.6 Å². The molecule has 68 valence electrons. The smallest absolute Gasteiger partial charge is 0.0431 e. The predicted molar refractivity (Wildman–Crippen MR) is 48.5 cm³/mol. The largest absolute Gasteiger partial charge is 0.402 e. The number of hydrogen-bond donors (Lipinski definition) is 3. The lowest BCUT2D eigenvalue weighted by Crippen LogP contribution is -1.94. The third kappa shape index (κ3) is 9.46. The van der Waals surface area contributed by atoms with Crippen LogP contribution in [0.4, 0.5) is 0 Å². The number of nitrogens with two attached hydrogens (primary N) is 1. The second-order valence-corrected chi connectivity index (χ2v) is 2.35.